The molecule has 0 radical (unpaired) electrons. The summed E-state index contributed by atoms with van der Waals surface area (Å²) in [5, 5.41) is 18.9. The zero-order chi connectivity index (χ0) is 24.4. The molecule has 0 fully saturated rings. The average molecular weight is 501 g/mol. The van der Waals surface area contributed by atoms with E-state index in [2.05, 4.69) is 44.7 Å². The van der Waals surface area contributed by atoms with Crippen molar-refractivity contribution in [3.05, 3.63) is 62.8 Å². The molecule has 0 atom stereocenters. The Kier molecular flexibility index (Phi) is 7.16. The number of nitro groups is 1. The van der Waals surface area contributed by atoms with E-state index in [9.17, 15) is 10.1 Å². The summed E-state index contributed by atoms with van der Waals surface area (Å²) < 4.78 is 5.61. The highest BCUT2D eigenvalue weighted by atomic mass is 35.5. The molecule has 1 aliphatic rings. The summed E-state index contributed by atoms with van der Waals surface area (Å²) in [6, 6.07) is 8.88. The van der Waals surface area contributed by atoms with Crippen LogP contribution >= 0.6 is 19.5 Å². The van der Waals surface area contributed by atoms with Crippen molar-refractivity contribution in [2.24, 2.45) is 0 Å². The first kappa shape index (κ1) is 24.1. The molecule has 0 aliphatic carbocycles. The molecule has 0 amide bonds. The molecule has 0 spiro atoms. The van der Waals surface area contributed by atoms with Crippen LogP contribution < -0.4 is 20.7 Å². The number of nitrogens with zero attached hydrogens (tertiary/aromatic N) is 4. The molecule has 4 rings (SSSR count). The number of nitrogens with one attached hydrogen (secondary N) is 2. The summed E-state index contributed by atoms with van der Waals surface area (Å²) in [4.78, 5) is 22.0. The van der Waals surface area contributed by atoms with Gasteiger partial charge in [-0.1, -0.05) is 19.5 Å². The number of rotatable bonds is 7. The minimum atomic E-state index is -0.616. The summed E-state index contributed by atoms with van der Waals surface area (Å²) in [6.07, 6.45) is 2.49. The van der Waals surface area contributed by atoms with E-state index in [1.165, 1.54) is 23.4 Å². The van der Waals surface area contributed by atoms with E-state index in [4.69, 9.17) is 16.3 Å². The lowest BCUT2D eigenvalue weighted by molar-refractivity contribution is -0.384. The van der Waals surface area contributed by atoms with Gasteiger partial charge in [-0.3, -0.25) is 10.1 Å². The van der Waals surface area contributed by atoms with E-state index < -0.39 is 12.8 Å². The molecule has 0 unspecified atom stereocenters. The van der Waals surface area contributed by atoms with Crippen LogP contribution in [0.3, 0.4) is 0 Å². The fraction of sp³-hybridized carbons (Fsp3) is 0.304. The number of anilines is 4. The van der Waals surface area contributed by atoms with Crippen LogP contribution in [0.25, 0.3) is 0 Å². The van der Waals surface area contributed by atoms with Crippen LogP contribution in [0.15, 0.2) is 36.5 Å². The number of ether oxygens (including phenoxy) is 1. The van der Waals surface area contributed by atoms with Gasteiger partial charge in [0.2, 0.25) is 5.95 Å². The number of hydrogen-bond acceptors (Lipinski definition) is 8. The van der Waals surface area contributed by atoms with Gasteiger partial charge in [-0.15, -0.1) is 0 Å². The van der Waals surface area contributed by atoms with Crippen molar-refractivity contribution in [2.45, 2.75) is 13.0 Å². The number of methoxy groups -OCH3 is 1. The van der Waals surface area contributed by atoms with Gasteiger partial charge in [0, 0.05) is 36.2 Å². The van der Waals surface area contributed by atoms with Crippen LogP contribution in [0, 0.1) is 10.1 Å². The summed E-state index contributed by atoms with van der Waals surface area (Å²) in [6.45, 7) is 5.95. The number of halogens is 1. The molecular weight excluding hydrogens is 475 g/mol. The maximum absolute atomic E-state index is 11.2. The summed E-state index contributed by atoms with van der Waals surface area (Å²) >= 11 is 6.38. The predicted octanol–water partition coefficient (Wildman–Crippen LogP) is 4.89. The highest BCUT2D eigenvalue weighted by molar-refractivity contribution is 7.64. The predicted molar refractivity (Wildman–Crippen MR) is 138 cm³/mol. The molecule has 34 heavy (non-hydrogen) atoms. The lowest BCUT2D eigenvalue weighted by atomic mass is 9.99. The van der Waals surface area contributed by atoms with Crippen LogP contribution in [0.1, 0.15) is 11.1 Å². The van der Waals surface area contributed by atoms with Crippen molar-refractivity contribution < 1.29 is 9.66 Å². The van der Waals surface area contributed by atoms with E-state index in [0.717, 1.165) is 41.9 Å². The number of likely N-dealkylation sites (N-methyl/N-ethyl adjacent to an activating group) is 1. The van der Waals surface area contributed by atoms with E-state index in [-0.39, 0.29) is 5.69 Å². The Morgan fingerprint density at radius 3 is 2.68 bits per heavy atom. The second-order valence-corrected chi connectivity index (χ2v) is 11.0. The third kappa shape index (κ3) is 5.22. The first-order valence-electron chi connectivity index (χ1n) is 10.7. The fourth-order valence-electron chi connectivity index (χ4n) is 3.87. The molecule has 1 aliphatic heterocycles. The van der Waals surface area contributed by atoms with Crippen LogP contribution in [0.5, 0.6) is 5.75 Å². The van der Waals surface area contributed by atoms with Gasteiger partial charge in [0.25, 0.3) is 5.69 Å². The molecule has 11 heteroatoms. The fourth-order valence-corrected chi connectivity index (χ4v) is 5.01. The first-order chi connectivity index (χ1) is 16.2. The van der Waals surface area contributed by atoms with Gasteiger partial charge in [0.05, 0.1) is 23.9 Å². The third-order valence-corrected chi connectivity index (χ3v) is 7.25. The zero-order valence-electron chi connectivity index (χ0n) is 19.4. The van der Waals surface area contributed by atoms with Gasteiger partial charge in [0.1, 0.15) is 10.8 Å². The van der Waals surface area contributed by atoms with Crippen LogP contribution in [0.4, 0.5) is 28.8 Å². The lowest BCUT2D eigenvalue weighted by Crippen LogP contribution is -2.26. The molecule has 0 bridgehead atoms. The second-order valence-electron chi connectivity index (χ2n) is 8.30. The molecule has 1 aromatic heterocycles. The van der Waals surface area contributed by atoms with Gasteiger partial charge >= 0.3 is 0 Å². The molecule has 2 heterocycles. The Morgan fingerprint density at radius 1 is 1.18 bits per heavy atom. The van der Waals surface area contributed by atoms with E-state index in [0.29, 0.717) is 16.8 Å². The van der Waals surface area contributed by atoms with Gasteiger partial charge in [-0.2, -0.15) is 4.98 Å². The monoisotopic (exact) mass is 500 g/mol. The van der Waals surface area contributed by atoms with E-state index >= 15 is 0 Å². The van der Waals surface area contributed by atoms with Crippen molar-refractivity contribution in [2.75, 3.05) is 44.7 Å². The Labute approximate surface area is 204 Å². The van der Waals surface area contributed by atoms with Crippen LogP contribution in [-0.2, 0) is 13.0 Å². The van der Waals surface area contributed by atoms with Crippen LogP contribution in [-0.4, -0.2) is 53.8 Å². The Morgan fingerprint density at radius 2 is 1.97 bits per heavy atom. The average Bonchev–Trinajstić information content (AvgIpc) is 2.80. The number of hydrogen-bond donors (Lipinski definition) is 2. The minimum absolute atomic E-state index is 0.0537. The van der Waals surface area contributed by atoms with Crippen LogP contribution in [0.2, 0.25) is 5.02 Å². The second kappa shape index (κ2) is 10.1. The molecule has 3 aromatic rings. The molecular formula is C23H26ClN6O3P. The number of fused-ring (bicyclic) bond motifs is 1. The SMILES string of the molecule is COc1cc2c(cc1Nc1ncc(Cl)c(Nc3ccc([N+](=O)[O-])cc3P(C)C)n1)CN(C)CC2. The smallest absolute Gasteiger partial charge is 0.270 e. The Hall–Kier alpha value is -3.00. The highest BCUT2D eigenvalue weighted by Crippen LogP contribution is 2.35. The summed E-state index contributed by atoms with van der Waals surface area (Å²) in [5.41, 5.74) is 4.06. The molecule has 2 aromatic carbocycles. The lowest BCUT2D eigenvalue weighted by Gasteiger charge is -2.26. The number of non-ortho nitro benzene ring substituents is 1. The number of aromatic nitrogens is 2. The summed E-state index contributed by atoms with van der Waals surface area (Å²) in [5.74, 6) is 1.48. The van der Waals surface area contributed by atoms with Gasteiger partial charge in [0.15, 0.2) is 5.82 Å². The standard InChI is InChI=1S/C23H26ClN6O3P/c1-29-8-7-14-10-20(33-2)19(9-15(14)13-29)27-23-25-12-17(24)22(28-23)26-18-6-5-16(30(31)32)11-21(18)34(3)4/h5-6,9-12H,7-8,13H2,1-4H3,(H2,25,26,27,28). The first-order valence-corrected chi connectivity index (χ1v) is 13.3. The zero-order valence-corrected chi connectivity index (χ0v) is 21.1. The largest absolute Gasteiger partial charge is 0.495 e. The van der Waals surface area contributed by atoms with Crippen molar-refractivity contribution in [1.29, 1.82) is 0 Å². The van der Waals surface area contributed by atoms with Crippen molar-refractivity contribution >= 4 is 53.7 Å². The summed E-state index contributed by atoms with van der Waals surface area (Å²) in [7, 11) is 3.13. The maximum Gasteiger partial charge on any atom is 0.270 e. The van der Waals surface area contributed by atoms with E-state index in [1.807, 2.05) is 13.3 Å². The minimum Gasteiger partial charge on any atom is -0.495 e. The Balaban J connectivity index is 1.64. The molecule has 2 N–H and O–H groups in total. The van der Waals surface area contributed by atoms with Gasteiger partial charge < -0.3 is 20.3 Å². The molecule has 9 nitrogen and oxygen atoms in total. The maximum atomic E-state index is 11.2. The quantitative estimate of drug-likeness (QED) is 0.268. The Bertz CT molecular complexity index is 1240. The molecule has 0 saturated heterocycles. The van der Waals surface area contributed by atoms with Gasteiger partial charge in [-0.05, 0) is 56.1 Å². The van der Waals surface area contributed by atoms with Gasteiger partial charge in [-0.25, -0.2) is 4.98 Å². The van der Waals surface area contributed by atoms with Crippen molar-refractivity contribution in [3.63, 3.8) is 0 Å². The van der Waals surface area contributed by atoms with E-state index in [1.54, 1.807) is 19.2 Å². The topological polar surface area (TPSA) is 105 Å². The normalized spacial score (nSPS) is 13.5. The number of nitro benzene ring substituents is 1. The number of benzene rings is 2. The third-order valence-electron chi connectivity index (χ3n) is 5.64. The molecule has 0 saturated carbocycles. The molecule has 178 valence electrons. The van der Waals surface area contributed by atoms with Crippen molar-refractivity contribution in [1.82, 2.24) is 14.9 Å². The highest BCUT2D eigenvalue weighted by Gasteiger charge is 2.19. The van der Waals surface area contributed by atoms with Crippen molar-refractivity contribution in [3.8, 4) is 5.75 Å².